The first-order chi connectivity index (χ1) is 12.7. The summed E-state index contributed by atoms with van der Waals surface area (Å²) in [6, 6.07) is 6.79. The highest BCUT2D eigenvalue weighted by molar-refractivity contribution is 7.89. The van der Waals surface area contributed by atoms with Crippen LogP contribution in [-0.4, -0.2) is 63.2 Å². The van der Waals surface area contributed by atoms with E-state index in [9.17, 15) is 8.42 Å². The van der Waals surface area contributed by atoms with Gasteiger partial charge in [0.05, 0.1) is 5.02 Å². The van der Waals surface area contributed by atoms with E-state index >= 15 is 0 Å². The fraction of sp³-hybridized carbons (Fsp3) is 0.412. The third kappa shape index (κ3) is 4.13. The number of sulfonamides is 1. The molecule has 0 amide bonds. The number of piperazine rings is 1. The molecule has 1 fully saturated rings. The molecule has 0 unspecified atom stereocenters. The molecule has 146 valence electrons. The Hall–Kier alpha value is -1.61. The summed E-state index contributed by atoms with van der Waals surface area (Å²) in [6.07, 6.45) is 0. The first-order valence-electron chi connectivity index (χ1n) is 8.42. The summed E-state index contributed by atoms with van der Waals surface area (Å²) in [7, 11) is 0.117. The van der Waals surface area contributed by atoms with Gasteiger partial charge in [0, 0.05) is 45.3 Å². The Morgan fingerprint density at radius 2 is 1.67 bits per heavy atom. The summed E-state index contributed by atoms with van der Waals surface area (Å²) in [5.41, 5.74) is 0.675. The molecule has 0 atom stereocenters. The number of hydrogen-bond acceptors (Lipinski definition) is 6. The maximum Gasteiger partial charge on any atom is 0.244 e. The molecule has 1 aliphatic rings. The van der Waals surface area contributed by atoms with Crippen molar-refractivity contribution < 1.29 is 8.42 Å². The van der Waals surface area contributed by atoms with Gasteiger partial charge in [-0.05, 0) is 36.8 Å². The number of halogens is 2. The van der Waals surface area contributed by atoms with Gasteiger partial charge in [0.25, 0.3) is 0 Å². The van der Waals surface area contributed by atoms with Gasteiger partial charge in [0.1, 0.15) is 4.90 Å². The fourth-order valence-corrected chi connectivity index (χ4v) is 5.08. The van der Waals surface area contributed by atoms with Crippen molar-refractivity contribution in [1.29, 1.82) is 0 Å². The van der Waals surface area contributed by atoms with Gasteiger partial charge in [0.15, 0.2) is 11.6 Å². The lowest BCUT2D eigenvalue weighted by Gasteiger charge is -2.34. The number of aryl methyl sites for hydroxylation is 1. The molecule has 0 N–H and O–H groups in total. The molecule has 7 nitrogen and oxygen atoms in total. The molecule has 3 rings (SSSR count). The third-order valence-electron chi connectivity index (χ3n) is 4.49. The van der Waals surface area contributed by atoms with Gasteiger partial charge in [-0.1, -0.05) is 23.2 Å². The molecule has 10 heteroatoms. The minimum atomic E-state index is -3.68. The first-order valence-corrected chi connectivity index (χ1v) is 10.6. The molecule has 27 heavy (non-hydrogen) atoms. The molecule has 0 bridgehead atoms. The minimum Gasteiger partial charge on any atom is -0.361 e. The summed E-state index contributed by atoms with van der Waals surface area (Å²) >= 11 is 12.2. The lowest BCUT2D eigenvalue weighted by molar-refractivity contribution is 0.383. The topological polar surface area (TPSA) is 69.6 Å². The van der Waals surface area contributed by atoms with Gasteiger partial charge in [-0.3, -0.25) is 0 Å². The highest BCUT2D eigenvalue weighted by Gasteiger charge is 2.31. The van der Waals surface area contributed by atoms with Crippen LogP contribution in [0.5, 0.6) is 0 Å². The molecule has 1 aromatic heterocycles. The normalized spacial score (nSPS) is 15.8. The smallest absolute Gasteiger partial charge is 0.244 e. The van der Waals surface area contributed by atoms with Crippen molar-refractivity contribution in [2.45, 2.75) is 11.8 Å². The molecule has 0 radical (unpaired) electrons. The van der Waals surface area contributed by atoms with E-state index in [4.69, 9.17) is 23.2 Å². The molecular weight excluding hydrogens is 409 g/mol. The number of nitrogens with zero attached hydrogens (tertiary/aromatic N) is 5. The average molecular weight is 430 g/mol. The van der Waals surface area contributed by atoms with Crippen molar-refractivity contribution in [1.82, 2.24) is 14.5 Å². The maximum atomic E-state index is 13.0. The van der Waals surface area contributed by atoms with Crippen LogP contribution in [0, 0.1) is 6.92 Å². The Balaban J connectivity index is 1.74. The van der Waals surface area contributed by atoms with Gasteiger partial charge < -0.3 is 9.80 Å². The van der Waals surface area contributed by atoms with Crippen LogP contribution < -0.4 is 9.80 Å². The standard InChI is InChI=1S/C17H21Cl2N5O2S/c1-12-10-15(14(19)11-13(12)18)27(25,26)24-8-6-23(7-9-24)17-5-4-16(20-21-17)22(2)3/h4-5,10-11H,6-9H2,1-3H3. The number of aromatic nitrogens is 2. The van der Waals surface area contributed by atoms with Crippen LogP contribution in [0.25, 0.3) is 0 Å². The molecule has 0 spiro atoms. The summed E-state index contributed by atoms with van der Waals surface area (Å²) in [6.45, 7) is 3.50. The maximum absolute atomic E-state index is 13.0. The van der Waals surface area contributed by atoms with Gasteiger partial charge >= 0.3 is 0 Å². The molecule has 1 saturated heterocycles. The third-order valence-corrected chi connectivity index (χ3v) is 7.26. The van der Waals surface area contributed by atoms with E-state index in [1.807, 2.05) is 36.0 Å². The quantitative estimate of drug-likeness (QED) is 0.743. The van der Waals surface area contributed by atoms with Crippen molar-refractivity contribution in [2.24, 2.45) is 0 Å². The number of rotatable bonds is 4. The summed E-state index contributed by atoms with van der Waals surface area (Å²) in [5.74, 6) is 1.51. The first kappa shape index (κ1) is 20.1. The van der Waals surface area contributed by atoms with E-state index in [1.165, 1.54) is 16.4 Å². The zero-order valence-corrected chi connectivity index (χ0v) is 17.7. The van der Waals surface area contributed by atoms with E-state index in [2.05, 4.69) is 10.2 Å². The van der Waals surface area contributed by atoms with Gasteiger partial charge in [-0.25, -0.2) is 8.42 Å². The molecule has 1 aliphatic heterocycles. The molecule has 2 aromatic rings. The van der Waals surface area contributed by atoms with Crippen molar-refractivity contribution in [3.63, 3.8) is 0 Å². The number of benzene rings is 1. The van der Waals surface area contributed by atoms with Crippen molar-refractivity contribution in [2.75, 3.05) is 50.1 Å². The Morgan fingerprint density at radius 3 is 2.22 bits per heavy atom. The molecule has 1 aromatic carbocycles. The highest BCUT2D eigenvalue weighted by atomic mass is 35.5. The van der Waals surface area contributed by atoms with Crippen LogP contribution in [-0.2, 0) is 10.0 Å². The van der Waals surface area contributed by atoms with Crippen LogP contribution in [0.15, 0.2) is 29.2 Å². The van der Waals surface area contributed by atoms with Gasteiger partial charge in [-0.2, -0.15) is 4.31 Å². The second-order valence-electron chi connectivity index (χ2n) is 6.57. The second-order valence-corrected chi connectivity index (χ2v) is 9.29. The largest absolute Gasteiger partial charge is 0.361 e. The SMILES string of the molecule is Cc1cc(S(=O)(=O)N2CCN(c3ccc(N(C)C)nn3)CC2)c(Cl)cc1Cl. The van der Waals surface area contributed by atoms with Gasteiger partial charge in [-0.15, -0.1) is 10.2 Å². The predicted molar refractivity (Wildman–Crippen MR) is 109 cm³/mol. The Kier molecular flexibility index (Phi) is 5.81. The predicted octanol–water partition coefficient (Wildman–Crippen LogP) is 2.67. The van der Waals surface area contributed by atoms with Crippen molar-refractivity contribution in [3.8, 4) is 0 Å². The van der Waals surface area contributed by atoms with E-state index < -0.39 is 10.0 Å². The number of anilines is 2. The van der Waals surface area contributed by atoms with Gasteiger partial charge in [0.2, 0.25) is 10.0 Å². The van der Waals surface area contributed by atoms with Crippen molar-refractivity contribution >= 4 is 44.9 Å². The monoisotopic (exact) mass is 429 g/mol. The second kappa shape index (κ2) is 7.79. The summed E-state index contributed by atoms with van der Waals surface area (Å²) in [4.78, 5) is 3.99. The molecule has 0 aliphatic carbocycles. The lowest BCUT2D eigenvalue weighted by atomic mass is 10.2. The minimum absolute atomic E-state index is 0.0923. The van der Waals surface area contributed by atoms with Crippen LogP contribution in [0.1, 0.15) is 5.56 Å². The molecule has 2 heterocycles. The average Bonchev–Trinajstić information content (AvgIpc) is 2.64. The van der Waals surface area contributed by atoms with E-state index in [0.29, 0.717) is 36.8 Å². The van der Waals surface area contributed by atoms with Crippen molar-refractivity contribution in [3.05, 3.63) is 39.9 Å². The van der Waals surface area contributed by atoms with Crippen LogP contribution in [0.3, 0.4) is 0 Å². The fourth-order valence-electron chi connectivity index (χ4n) is 2.85. The Morgan fingerprint density at radius 1 is 1.00 bits per heavy atom. The van der Waals surface area contributed by atoms with E-state index in [0.717, 1.165) is 11.6 Å². The van der Waals surface area contributed by atoms with E-state index in [1.54, 1.807) is 6.92 Å². The Bertz CT molecular complexity index is 927. The zero-order chi connectivity index (χ0) is 19.8. The van der Waals surface area contributed by atoms with Crippen LogP contribution >= 0.6 is 23.2 Å². The highest BCUT2D eigenvalue weighted by Crippen LogP contribution is 2.31. The zero-order valence-electron chi connectivity index (χ0n) is 15.4. The van der Waals surface area contributed by atoms with Crippen LogP contribution in [0.4, 0.5) is 11.6 Å². The molecule has 0 saturated carbocycles. The summed E-state index contributed by atoms with van der Waals surface area (Å²) in [5, 5.41) is 8.99. The van der Waals surface area contributed by atoms with E-state index in [-0.39, 0.29) is 9.92 Å². The molecular formula is C17H21Cl2N5O2S. The van der Waals surface area contributed by atoms with Crippen LogP contribution in [0.2, 0.25) is 10.0 Å². The summed E-state index contributed by atoms with van der Waals surface area (Å²) < 4.78 is 27.4. The Labute approximate surface area is 169 Å². The number of hydrogen-bond donors (Lipinski definition) is 0. The lowest BCUT2D eigenvalue weighted by Crippen LogP contribution is -2.49.